The van der Waals surface area contributed by atoms with Gasteiger partial charge in [0, 0.05) is 0 Å². The van der Waals surface area contributed by atoms with Gasteiger partial charge in [0.05, 0.1) is 5.52 Å². The van der Waals surface area contributed by atoms with Crippen molar-refractivity contribution in [3.63, 3.8) is 0 Å². The molecule has 0 aliphatic carbocycles. The van der Waals surface area contributed by atoms with Crippen LogP contribution in [0, 0.1) is 0 Å². The highest BCUT2D eigenvalue weighted by atomic mass is 16.5. The summed E-state index contributed by atoms with van der Waals surface area (Å²) in [5, 5.41) is 7.78. The fourth-order valence-electron chi connectivity index (χ4n) is 1.78. The third-order valence-electron chi connectivity index (χ3n) is 2.69. The van der Waals surface area contributed by atoms with E-state index in [9.17, 15) is 4.79 Å². The number of carbonyl (C=O) groups excluding carboxylic acids is 1. The predicted molar refractivity (Wildman–Crippen MR) is 70.1 cm³/mol. The van der Waals surface area contributed by atoms with E-state index in [4.69, 9.17) is 4.74 Å². The van der Waals surface area contributed by atoms with E-state index in [0.717, 1.165) is 0 Å². The van der Waals surface area contributed by atoms with E-state index in [1.165, 1.54) is 4.68 Å². The van der Waals surface area contributed by atoms with Gasteiger partial charge < -0.3 is 4.74 Å². The van der Waals surface area contributed by atoms with Crippen LogP contribution in [-0.2, 0) is 0 Å². The number of hydrogen-bond donors (Lipinski definition) is 0. The molecule has 0 amide bonds. The summed E-state index contributed by atoms with van der Waals surface area (Å²) < 4.78 is 6.66. The number of nitrogens with zero attached hydrogens (tertiary/aromatic N) is 3. The summed E-state index contributed by atoms with van der Waals surface area (Å²) >= 11 is 0. The first kappa shape index (κ1) is 11.4. The topological polar surface area (TPSA) is 57.0 Å². The Labute approximate surface area is 109 Å². The van der Waals surface area contributed by atoms with E-state index in [0.29, 0.717) is 16.8 Å². The fourth-order valence-corrected chi connectivity index (χ4v) is 1.78. The van der Waals surface area contributed by atoms with Gasteiger partial charge in [-0.3, -0.25) is 4.79 Å². The lowest BCUT2D eigenvalue weighted by Gasteiger charge is -2.04. The molecule has 1 heterocycles. The third kappa shape index (κ3) is 2.30. The number of rotatable bonds is 3. The molecular weight excluding hydrogens is 242 g/mol. The molecule has 0 saturated heterocycles. The van der Waals surface area contributed by atoms with Crippen LogP contribution in [0.2, 0.25) is 0 Å². The highest BCUT2D eigenvalue weighted by Gasteiger charge is 2.11. The Bertz CT molecular complexity index is 707. The van der Waals surface area contributed by atoms with Crippen molar-refractivity contribution >= 4 is 16.9 Å². The standard InChI is InChI=1S/C14H11N3O2/c18-14(10-19-11-6-2-1-3-7-11)17-13-9-5-4-8-12(13)15-16-17/h1-9H,10H2. The Morgan fingerprint density at radius 3 is 2.63 bits per heavy atom. The van der Waals surface area contributed by atoms with Gasteiger partial charge in [0.25, 0.3) is 5.91 Å². The van der Waals surface area contributed by atoms with Crippen LogP contribution in [0.4, 0.5) is 0 Å². The van der Waals surface area contributed by atoms with Crippen LogP contribution in [0.5, 0.6) is 5.75 Å². The number of hydrogen-bond acceptors (Lipinski definition) is 4. The maximum atomic E-state index is 12.0. The van der Waals surface area contributed by atoms with Gasteiger partial charge in [0.15, 0.2) is 6.61 Å². The van der Waals surface area contributed by atoms with Crippen molar-refractivity contribution in [2.75, 3.05) is 6.61 Å². The highest BCUT2D eigenvalue weighted by Crippen LogP contribution is 2.11. The number of benzene rings is 2. The van der Waals surface area contributed by atoms with Crippen molar-refractivity contribution in [2.24, 2.45) is 0 Å². The molecular formula is C14H11N3O2. The Morgan fingerprint density at radius 1 is 1.05 bits per heavy atom. The molecule has 0 saturated carbocycles. The van der Waals surface area contributed by atoms with E-state index in [2.05, 4.69) is 10.3 Å². The molecule has 5 heteroatoms. The monoisotopic (exact) mass is 253 g/mol. The van der Waals surface area contributed by atoms with Crippen LogP contribution >= 0.6 is 0 Å². The second kappa shape index (κ2) is 4.89. The van der Waals surface area contributed by atoms with E-state index in [-0.39, 0.29) is 12.5 Å². The van der Waals surface area contributed by atoms with Crippen LogP contribution in [0.15, 0.2) is 54.6 Å². The predicted octanol–water partition coefficient (Wildman–Crippen LogP) is 2.15. The molecule has 2 aromatic carbocycles. The van der Waals surface area contributed by atoms with E-state index in [1.54, 1.807) is 18.2 Å². The minimum atomic E-state index is -0.252. The van der Waals surface area contributed by atoms with E-state index < -0.39 is 0 Å². The lowest BCUT2D eigenvalue weighted by atomic mass is 10.3. The SMILES string of the molecule is O=C(COc1ccccc1)n1nnc2ccccc21. The van der Waals surface area contributed by atoms with E-state index >= 15 is 0 Å². The lowest BCUT2D eigenvalue weighted by Crippen LogP contribution is -2.20. The smallest absolute Gasteiger partial charge is 0.286 e. The summed E-state index contributed by atoms with van der Waals surface area (Å²) in [6.45, 7) is -0.0721. The minimum absolute atomic E-state index is 0.0721. The zero-order chi connectivity index (χ0) is 13.1. The molecule has 0 aliphatic heterocycles. The molecule has 0 N–H and O–H groups in total. The Balaban J connectivity index is 1.77. The van der Waals surface area contributed by atoms with Crippen LogP contribution in [0.25, 0.3) is 11.0 Å². The summed E-state index contributed by atoms with van der Waals surface area (Å²) in [4.78, 5) is 12.0. The molecule has 0 bridgehead atoms. The molecule has 0 radical (unpaired) electrons. The summed E-state index contributed by atoms with van der Waals surface area (Å²) in [7, 11) is 0. The summed E-state index contributed by atoms with van der Waals surface area (Å²) in [5.74, 6) is 0.401. The van der Waals surface area contributed by atoms with Gasteiger partial charge in [-0.2, -0.15) is 4.68 Å². The highest BCUT2D eigenvalue weighted by molar-refractivity contribution is 5.89. The Kier molecular flexibility index (Phi) is 2.94. The van der Waals surface area contributed by atoms with Crippen LogP contribution < -0.4 is 4.74 Å². The Morgan fingerprint density at radius 2 is 1.79 bits per heavy atom. The van der Waals surface area contributed by atoms with Crippen molar-refractivity contribution in [3.8, 4) is 5.75 Å². The Hall–Kier alpha value is -2.69. The third-order valence-corrected chi connectivity index (χ3v) is 2.69. The molecule has 5 nitrogen and oxygen atoms in total. The van der Waals surface area contributed by atoms with Crippen molar-refractivity contribution in [2.45, 2.75) is 0 Å². The van der Waals surface area contributed by atoms with Crippen molar-refractivity contribution in [1.82, 2.24) is 15.0 Å². The number of ether oxygens (including phenoxy) is 1. The molecule has 3 rings (SSSR count). The number of para-hydroxylation sites is 2. The fraction of sp³-hybridized carbons (Fsp3) is 0.0714. The molecule has 0 spiro atoms. The molecule has 3 aromatic rings. The molecule has 0 fully saturated rings. The number of fused-ring (bicyclic) bond motifs is 1. The van der Waals surface area contributed by atoms with Crippen LogP contribution in [0.1, 0.15) is 4.79 Å². The van der Waals surface area contributed by atoms with E-state index in [1.807, 2.05) is 36.4 Å². The van der Waals surface area contributed by atoms with Gasteiger partial charge in [-0.25, -0.2) is 0 Å². The van der Waals surface area contributed by atoms with Gasteiger partial charge in [0.2, 0.25) is 0 Å². The second-order valence-corrected chi connectivity index (χ2v) is 3.99. The first-order valence-corrected chi connectivity index (χ1v) is 5.86. The van der Waals surface area contributed by atoms with Gasteiger partial charge in [-0.15, -0.1) is 5.10 Å². The number of aromatic nitrogens is 3. The van der Waals surface area contributed by atoms with Gasteiger partial charge >= 0.3 is 0 Å². The van der Waals surface area contributed by atoms with Gasteiger partial charge in [-0.05, 0) is 24.3 Å². The summed E-state index contributed by atoms with van der Waals surface area (Å²) in [5.41, 5.74) is 1.37. The second-order valence-electron chi connectivity index (χ2n) is 3.99. The largest absolute Gasteiger partial charge is 0.484 e. The summed E-state index contributed by atoms with van der Waals surface area (Å²) in [6.07, 6.45) is 0. The molecule has 0 aliphatic rings. The number of carbonyl (C=O) groups is 1. The van der Waals surface area contributed by atoms with Gasteiger partial charge in [0.1, 0.15) is 11.3 Å². The first-order chi connectivity index (χ1) is 9.34. The first-order valence-electron chi connectivity index (χ1n) is 5.86. The van der Waals surface area contributed by atoms with Crippen molar-refractivity contribution in [1.29, 1.82) is 0 Å². The lowest BCUT2D eigenvalue weighted by molar-refractivity contribution is 0.0824. The van der Waals surface area contributed by atoms with Crippen LogP contribution in [-0.4, -0.2) is 27.5 Å². The molecule has 1 aromatic heterocycles. The normalized spacial score (nSPS) is 10.5. The zero-order valence-corrected chi connectivity index (χ0v) is 10.1. The molecule has 0 unspecified atom stereocenters. The van der Waals surface area contributed by atoms with Gasteiger partial charge in [-0.1, -0.05) is 35.5 Å². The summed E-state index contributed by atoms with van der Waals surface area (Å²) in [6, 6.07) is 16.5. The van der Waals surface area contributed by atoms with Crippen molar-refractivity contribution in [3.05, 3.63) is 54.6 Å². The minimum Gasteiger partial charge on any atom is -0.484 e. The quantitative estimate of drug-likeness (QED) is 0.717. The van der Waals surface area contributed by atoms with Crippen molar-refractivity contribution < 1.29 is 9.53 Å². The maximum absolute atomic E-state index is 12.0. The maximum Gasteiger partial charge on any atom is 0.286 e. The molecule has 94 valence electrons. The molecule has 0 atom stereocenters. The van der Waals surface area contributed by atoms with Crippen LogP contribution in [0.3, 0.4) is 0 Å². The average molecular weight is 253 g/mol. The zero-order valence-electron chi connectivity index (χ0n) is 10.1. The average Bonchev–Trinajstić information content (AvgIpc) is 2.90. The molecule has 19 heavy (non-hydrogen) atoms.